The number of nitrogens with one attached hydrogen (secondary N) is 1. The first-order valence-electron chi connectivity index (χ1n) is 9.37. The van der Waals surface area contributed by atoms with Gasteiger partial charge in [-0.1, -0.05) is 0 Å². The van der Waals surface area contributed by atoms with Crippen molar-refractivity contribution >= 4 is 17.9 Å². The number of carbonyl (C=O) groups excluding carboxylic acids is 2. The van der Waals surface area contributed by atoms with Gasteiger partial charge in [0.1, 0.15) is 0 Å². The van der Waals surface area contributed by atoms with Gasteiger partial charge in [0.2, 0.25) is 11.8 Å². The SMILES string of the molecule is COCCCNC(=O)CN1CCN(C(=O)/C=C/c2c(C)nn(C)c2C)CC1. The van der Waals surface area contributed by atoms with Crippen LogP contribution in [-0.4, -0.2) is 84.4 Å². The molecule has 27 heavy (non-hydrogen) atoms. The molecule has 0 unspecified atom stereocenters. The topological polar surface area (TPSA) is 79.7 Å². The van der Waals surface area contributed by atoms with Crippen LogP contribution in [0.5, 0.6) is 0 Å². The van der Waals surface area contributed by atoms with Gasteiger partial charge in [0.15, 0.2) is 0 Å². The largest absolute Gasteiger partial charge is 0.385 e. The van der Waals surface area contributed by atoms with Gasteiger partial charge in [-0.25, -0.2) is 0 Å². The van der Waals surface area contributed by atoms with E-state index in [1.165, 1.54) is 0 Å². The summed E-state index contributed by atoms with van der Waals surface area (Å²) in [5.41, 5.74) is 2.95. The smallest absolute Gasteiger partial charge is 0.246 e. The molecule has 1 aliphatic rings. The van der Waals surface area contributed by atoms with Gasteiger partial charge in [-0.15, -0.1) is 0 Å². The van der Waals surface area contributed by atoms with E-state index in [4.69, 9.17) is 4.74 Å². The molecule has 150 valence electrons. The van der Waals surface area contributed by atoms with Crippen molar-refractivity contribution in [1.82, 2.24) is 24.9 Å². The van der Waals surface area contributed by atoms with E-state index >= 15 is 0 Å². The number of hydrogen-bond acceptors (Lipinski definition) is 5. The number of ether oxygens (including phenoxy) is 1. The number of aromatic nitrogens is 2. The van der Waals surface area contributed by atoms with Crippen LogP contribution in [0.3, 0.4) is 0 Å². The lowest BCUT2D eigenvalue weighted by atomic mass is 10.2. The van der Waals surface area contributed by atoms with Crippen molar-refractivity contribution in [3.05, 3.63) is 23.0 Å². The van der Waals surface area contributed by atoms with E-state index in [0.717, 1.165) is 23.4 Å². The molecule has 0 aliphatic carbocycles. The first-order chi connectivity index (χ1) is 12.9. The maximum Gasteiger partial charge on any atom is 0.246 e. The van der Waals surface area contributed by atoms with Crippen LogP contribution in [0.2, 0.25) is 0 Å². The average Bonchev–Trinajstić information content (AvgIpc) is 2.89. The van der Waals surface area contributed by atoms with Crippen LogP contribution >= 0.6 is 0 Å². The summed E-state index contributed by atoms with van der Waals surface area (Å²) in [4.78, 5) is 28.3. The van der Waals surface area contributed by atoms with Crippen LogP contribution < -0.4 is 5.32 Å². The van der Waals surface area contributed by atoms with Gasteiger partial charge in [0, 0.05) is 70.8 Å². The van der Waals surface area contributed by atoms with Crippen LogP contribution in [0.4, 0.5) is 0 Å². The van der Waals surface area contributed by atoms with Gasteiger partial charge in [-0.05, 0) is 26.3 Å². The molecule has 2 heterocycles. The van der Waals surface area contributed by atoms with Crippen LogP contribution in [0, 0.1) is 13.8 Å². The Bertz CT molecular complexity index is 675. The molecule has 1 N–H and O–H groups in total. The molecule has 1 fully saturated rings. The lowest BCUT2D eigenvalue weighted by Crippen LogP contribution is -2.50. The minimum Gasteiger partial charge on any atom is -0.385 e. The van der Waals surface area contributed by atoms with Gasteiger partial charge in [0.25, 0.3) is 0 Å². The van der Waals surface area contributed by atoms with Gasteiger partial charge in [0.05, 0.1) is 12.2 Å². The molecule has 0 aromatic carbocycles. The minimum absolute atomic E-state index is 0.00122. The van der Waals surface area contributed by atoms with E-state index < -0.39 is 0 Å². The summed E-state index contributed by atoms with van der Waals surface area (Å²) in [6, 6.07) is 0. The fourth-order valence-corrected chi connectivity index (χ4v) is 3.12. The molecule has 0 spiro atoms. The van der Waals surface area contributed by atoms with Gasteiger partial charge in [-0.2, -0.15) is 5.10 Å². The highest BCUT2D eigenvalue weighted by molar-refractivity contribution is 5.92. The van der Waals surface area contributed by atoms with Gasteiger partial charge < -0.3 is 15.0 Å². The zero-order chi connectivity index (χ0) is 19.8. The number of aryl methyl sites for hydroxylation is 2. The lowest BCUT2D eigenvalue weighted by Gasteiger charge is -2.33. The normalized spacial score (nSPS) is 15.5. The van der Waals surface area contributed by atoms with Crippen LogP contribution in [0.15, 0.2) is 6.08 Å². The maximum atomic E-state index is 12.4. The number of piperazine rings is 1. The molecule has 2 amide bonds. The number of hydrogen-bond donors (Lipinski definition) is 1. The van der Waals surface area contributed by atoms with Crippen molar-refractivity contribution in [3.63, 3.8) is 0 Å². The summed E-state index contributed by atoms with van der Waals surface area (Å²) in [6.07, 6.45) is 4.28. The third-order valence-corrected chi connectivity index (χ3v) is 4.86. The average molecular weight is 377 g/mol. The summed E-state index contributed by atoms with van der Waals surface area (Å²) in [6.45, 7) is 8.25. The van der Waals surface area contributed by atoms with Crippen molar-refractivity contribution < 1.29 is 14.3 Å². The highest BCUT2D eigenvalue weighted by Crippen LogP contribution is 2.14. The second-order valence-corrected chi connectivity index (χ2v) is 6.84. The van der Waals surface area contributed by atoms with E-state index in [9.17, 15) is 9.59 Å². The third kappa shape index (κ3) is 6.18. The molecule has 0 saturated carbocycles. The molecule has 0 atom stereocenters. The molecule has 1 aliphatic heterocycles. The fraction of sp³-hybridized carbons (Fsp3) is 0.632. The zero-order valence-electron chi connectivity index (χ0n) is 16.8. The number of amides is 2. The zero-order valence-corrected chi connectivity index (χ0v) is 16.8. The standard InChI is InChI=1S/C19H31N5O3/c1-15-17(16(2)22(3)21-15)6-7-19(26)24-11-9-23(10-12-24)14-18(25)20-8-5-13-27-4/h6-7H,5,8-14H2,1-4H3,(H,20,25)/b7-6+. The summed E-state index contributed by atoms with van der Waals surface area (Å²) in [5, 5.41) is 7.25. The van der Waals surface area contributed by atoms with E-state index in [-0.39, 0.29) is 11.8 Å². The Balaban J connectivity index is 1.75. The molecule has 8 heteroatoms. The first kappa shape index (κ1) is 21.1. The van der Waals surface area contributed by atoms with Crippen molar-refractivity contribution in [2.75, 3.05) is 53.0 Å². The highest BCUT2D eigenvalue weighted by Gasteiger charge is 2.21. The predicted molar refractivity (Wildman–Crippen MR) is 104 cm³/mol. The molecule has 8 nitrogen and oxygen atoms in total. The Kier molecular flexibility index (Phi) is 7.99. The summed E-state index contributed by atoms with van der Waals surface area (Å²) < 4.78 is 6.78. The third-order valence-electron chi connectivity index (χ3n) is 4.86. The Morgan fingerprint density at radius 1 is 1.22 bits per heavy atom. The van der Waals surface area contributed by atoms with E-state index in [1.807, 2.05) is 36.6 Å². The number of carbonyl (C=O) groups is 2. The van der Waals surface area contributed by atoms with E-state index in [0.29, 0.717) is 45.9 Å². The van der Waals surface area contributed by atoms with Crippen molar-refractivity contribution in [2.45, 2.75) is 20.3 Å². The second-order valence-electron chi connectivity index (χ2n) is 6.84. The second kappa shape index (κ2) is 10.2. The van der Waals surface area contributed by atoms with Gasteiger partial charge in [-0.3, -0.25) is 19.2 Å². The quantitative estimate of drug-likeness (QED) is 0.522. The molecule has 1 saturated heterocycles. The number of methoxy groups -OCH3 is 1. The summed E-state index contributed by atoms with van der Waals surface area (Å²) >= 11 is 0. The lowest BCUT2D eigenvalue weighted by molar-refractivity contribution is -0.128. The highest BCUT2D eigenvalue weighted by atomic mass is 16.5. The molecule has 1 aromatic heterocycles. The molecule has 1 aromatic rings. The molecule has 2 rings (SSSR count). The Hall–Kier alpha value is -2.19. The number of rotatable bonds is 8. The number of nitrogens with zero attached hydrogens (tertiary/aromatic N) is 4. The predicted octanol–water partition coefficient (Wildman–Crippen LogP) is 0.347. The van der Waals surface area contributed by atoms with Crippen molar-refractivity contribution in [2.24, 2.45) is 7.05 Å². The monoisotopic (exact) mass is 377 g/mol. The van der Waals surface area contributed by atoms with Crippen molar-refractivity contribution in [1.29, 1.82) is 0 Å². The van der Waals surface area contributed by atoms with Crippen LogP contribution in [0.1, 0.15) is 23.4 Å². The molecule has 0 bridgehead atoms. The maximum absolute atomic E-state index is 12.4. The Morgan fingerprint density at radius 3 is 2.52 bits per heavy atom. The Morgan fingerprint density at radius 2 is 1.93 bits per heavy atom. The minimum atomic E-state index is 0.00122. The summed E-state index contributed by atoms with van der Waals surface area (Å²) in [5.74, 6) is 0.0228. The summed E-state index contributed by atoms with van der Waals surface area (Å²) in [7, 11) is 3.55. The molecular formula is C19H31N5O3. The van der Waals surface area contributed by atoms with Gasteiger partial charge >= 0.3 is 0 Å². The fourth-order valence-electron chi connectivity index (χ4n) is 3.12. The molecule has 0 radical (unpaired) electrons. The van der Waals surface area contributed by atoms with Crippen LogP contribution in [0.25, 0.3) is 6.08 Å². The van der Waals surface area contributed by atoms with E-state index in [2.05, 4.69) is 15.3 Å². The van der Waals surface area contributed by atoms with Crippen LogP contribution in [-0.2, 0) is 21.4 Å². The first-order valence-corrected chi connectivity index (χ1v) is 9.37. The van der Waals surface area contributed by atoms with E-state index in [1.54, 1.807) is 13.2 Å². The van der Waals surface area contributed by atoms with Crippen molar-refractivity contribution in [3.8, 4) is 0 Å². The molecular weight excluding hydrogens is 346 g/mol. The Labute approximate surface area is 161 Å².